The van der Waals surface area contributed by atoms with Crippen LogP contribution in [0, 0.1) is 0 Å². The molecule has 0 N–H and O–H groups in total. The van der Waals surface area contributed by atoms with Crippen molar-refractivity contribution in [3.05, 3.63) is 90.0 Å². The fraction of sp³-hybridized carbons (Fsp3) is 0.241. The zero-order valence-corrected chi connectivity index (χ0v) is 19.7. The van der Waals surface area contributed by atoms with Gasteiger partial charge in [-0.15, -0.1) is 0 Å². The summed E-state index contributed by atoms with van der Waals surface area (Å²) < 4.78 is 5.53. The summed E-state index contributed by atoms with van der Waals surface area (Å²) in [6.45, 7) is 5.00. The van der Waals surface area contributed by atoms with Crippen LogP contribution in [-0.2, 0) is 6.42 Å². The first-order valence-electron chi connectivity index (χ1n) is 11.8. The number of fused-ring (bicyclic) bond motifs is 1. The van der Waals surface area contributed by atoms with Crippen molar-refractivity contribution < 1.29 is 9.53 Å². The van der Waals surface area contributed by atoms with Crippen molar-refractivity contribution in [3.8, 4) is 17.0 Å². The molecule has 1 saturated heterocycles. The van der Waals surface area contributed by atoms with Crippen LogP contribution in [0.2, 0.25) is 0 Å². The van der Waals surface area contributed by atoms with Crippen molar-refractivity contribution in [1.29, 1.82) is 0 Å². The molecule has 1 amide bonds. The smallest absolute Gasteiger partial charge is 0.254 e. The minimum Gasteiger partial charge on any atom is -0.495 e. The molecular formula is C29H29N3O2. The van der Waals surface area contributed by atoms with Gasteiger partial charge in [0, 0.05) is 37.1 Å². The molecule has 172 valence electrons. The second-order valence-electron chi connectivity index (χ2n) is 8.57. The lowest BCUT2D eigenvalue weighted by molar-refractivity contribution is 0.0748. The van der Waals surface area contributed by atoms with Gasteiger partial charge >= 0.3 is 0 Å². The molecule has 1 aliphatic heterocycles. The first kappa shape index (κ1) is 22.0. The largest absolute Gasteiger partial charge is 0.495 e. The number of rotatable bonds is 5. The van der Waals surface area contributed by atoms with Crippen LogP contribution in [0.5, 0.6) is 5.75 Å². The lowest BCUT2D eigenvalue weighted by Gasteiger charge is -2.36. The van der Waals surface area contributed by atoms with E-state index in [9.17, 15) is 4.79 Å². The lowest BCUT2D eigenvalue weighted by atomic mass is 10.0. The number of nitrogens with zero attached hydrogens (tertiary/aromatic N) is 3. The number of aryl methyl sites for hydroxylation is 1. The molecule has 34 heavy (non-hydrogen) atoms. The van der Waals surface area contributed by atoms with Crippen LogP contribution < -0.4 is 9.64 Å². The summed E-state index contributed by atoms with van der Waals surface area (Å²) in [7, 11) is 1.69. The summed E-state index contributed by atoms with van der Waals surface area (Å²) in [6, 6.07) is 26.4. The molecule has 0 spiro atoms. The van der Waals surface area contributed by atoms with E-state index in [0.29, 0.717) is 18.7 Å². The number of piperazine rings is 1. The Hall–Kier alpha value is -3.86. The lowest BCUT2D eigenvalue weighted by Crippen LogP contribution is -2.49. The van der Waals surface area contributed by atoms with Crippen LogP contribution in [0.1, 0.15) is 22.8 Å². The highest BCUT2D eigenvalue weighted by atomic mass is 16.5. The molecule has 2 heterocycles. The van der Waals surface area contributed by atoms with E-state index in [2.05, 4.69) is 42.2 Å². The minimum atomic E-state index is 0.0599. The Bertz CT molecular complexity index is 1310. The van der Waals surface area contributed by atoms with Crippen LogP contribution in [0.3, 0.4) is 0 Å². The molecule has 5 rings (SSSR count). The van der Waals surface area contributed by atoms with E-state index in [1.165, 1.54) is 5.56 Å². The van der Waals surface area contributed by atoms with Gasteiger partial charge in [0.05, 0.1) is 29.6 Å². The number of aromatic nitrogens is 1. The number of anilines is 1. The predicted molar refractivity (Wildman–Crippen MR) is 138 cm³/mol. The molecule has 0 bridgehead atoms. The van der Waals surface area contributed by atoms with Crippen molar-refractivity contribution in [2.75, 3.05) is 38.2 Å². The number of amides is 1. The molecule has 5 heteroatoms. The highest BCUT2D eigenvalue weighted by Gasteiger charge is 2.25. The maximum Gasteiger partial charge on any atom is 0.254 e. The van der Waals surface area contributed by atoms with Crippen molar-refractivity contribution >= 4 is 22.5 Å². The average molecular weight is 452 g/mol. The molecular weight excluding hydrogens is 422 g/mol. The van der Waals surface area contributed by atoms with Crippen molar-refractivity contribution in [1.82, 2.24) is 9.88 Å². The fourth-order valence-corrected chi connectivity index (χ4v) is 4.62. The SMILES string of the molecule is CCc1ccc(-c2cc(C(=O)N3CCN(c4ccccc4OC)CC3)c3ccccc3n2)cc1. The number of carbonyl (C=O) groups is 1. The molecule has 0 atom stereocenters. The van der Waals surface area contributed by atoms with Gasteiger partial charge in [0.15, 0.2) is 0 Å². The first-order chi connectivity index (χ1) is 16.7. The fourth-order valence-electron chi connectivity index (χ4n) is 4.62. The van der Waals surface area contributed by atoms with Gasteiger partial charge in [-0.05, 0) is 36.2 Å². The Kier molecular flexibility index (Phi) is 6.17. The molecule has 1 aromatic heterocycles. The van der Waals surface area contributed by atoms with Gasteiger partial charge < -0.3 is 14.5 Å². The van der Waals surface area contributed by atoms with E-state index >= 15 is 0 Å². The van der Waals surface area contributed by atoms with Crippen LogP contribution >= 0.6 is 0 Å². The van der Waals surface area contributed by atoms with Crippen LogP contribution in [0.15, 0.2) is 78.9 Å². The molecule has 5 nitrogen and oxygen atoms in total. The van der Waals surface area contributed by atoms with Crippen LogP contribution in [0.25, 0.3) is 22.2 Å². The van der Waals surface area contributed by atoms with Crippen LogP contribution in [0.4, 0.5) is 5.69 Å². The summed E-state index contributed by atoms with van der Waals surface area (Å²) in [5.74, 6) is 0.922. The molecule has 0 saturated carbocycles. The second kappa shape index (κ2) is 9.56. The second-order valence-corrected chi connectivity index (χ2v) is 8.57. The van der Waals surface area contributed by atoms with Gasteiger partial charge in [0.2, 0.25) is 0 Å². The first-order valence-corrected chi connectivity index (χ1v) is 11.8. The zero-order valence-electron chi connectivity index (χ0n) is 19.7. The number of benzene rings is 3. The highest BCUT2D eigenvalue weighted by Crippen LogP contribution is 2.30. The van der Waals surface area contributed by atoms with E-state index in [1.807, 2.05) is 53.4 Å². The summed E-state index contributed by atoms with van der Waals surface area (Å²) in [4.78, 5) is 22.8. The van der Waals surface area contributed by atoms with Gasteiger partial charge in [-0.2, -0.15) is 0 Å². The normalized spacial score (nSPS) is 13.8. The molecule has 1 fully saturated rings. The molecule has 0 unspecified atom stereocenters. The Morgan fingerprint density at radius 1 is 0.912 bits per heavy atom. The number of methoxy groups -OCH3 is 1. The van der Waals surface area contributed by atoms with E-state index in [-0.39, 0.29) is 5.91 Å². The highest BCUT2D eigenvalue weighted by molar-refractivity contribution is 6.07. The van der Waals surface area contributed by atoms with Crippen LogP contribution in [-0.4, -0.2) is 49.1 Å². The number of pyridine rings is 1. The van der Waals surface area contributed by atoms with E-state index < -0.39 is 0 Å². The van der Waals surface area contributed by atoms with Crippen molar-refractivity contribution in [2.45, 2.75) is 13.3 Å². The molecule has 0 aliphatic carbocycles. The van der Waals surface area contributed by atoms with Gasteiger partial charge in [0.25, 0.3) is 5.91 Å². The topological polar surface area (TPSA) is 45.7 Å². The van der Waals surface area contributed by atoms with Crippen molar-refractivity contribution in [2.24, 2.45) is 0 Å². The van der Waals surface area contributed by atoms with Gasteiger partial charge in [0.1, 0.15) is 5.75 Å². The van der Waals surface area contributed by atoms with Gasteiger partial charge in [-0.25, -0.2) is 4.98 Å². The molecule has 0 radical (unpaired) electrons. The zero-order chi connectivity index (χ0) is 23.5. The third kappa shape index (κ3) is 4.21. The maximum atomic E-state index is 13.7. The Morgan fingerprint density at radius 2 is 1.62 bits per heavy atom. The summed E-state index contributed by atoms with van der Waals surface area (Å²) in [5.41, 5.74) is 5.77. The van der Waals surface area contributed by atoms with E-state index in [1.54, 1.807) is 7.11 Å². The van der Waals surface area contributed by atoms with Crippen molar-refractivity contribution in [3.63, 3.8) is 0 Å². The monoisotopic (exact) mass is 451 g/mol. The molecule has 1 aliphatic rings. The quantitative estimate of drug-likeness (QED) is 0.406. The molecule has 3 aromatic carbocycles. The average Bonchev–Trinajstić information content (AvgIpc) is 2.92. The number of para-hydroxylation sites is 3. The third-order valence-corrected chi connectivity index (χ3v) is 6.60. The van der Waals surface area contributed by atoms with E-state index in [4.69, 9.17) is 9.72 Å². The van der Waals surface area contributed by atoms with E-state index in [0.717, 1.165) is 53.1 Å². The minimum absolute atomic E-state index is 0.0599. The standard InChI is InChI=1S/C29H29N3O2/c1-3-21-12-14-22(15-13-21)26-20-24(23-8-4-5-9-25(23)30-26)29(33)32-18-16-31(17-19-32)27-10-6-7-11-28(27)34-2/h4-15,20H,3,16-19H2,1-2H3. The van der Waals surface area contributed by atoms with Gasteiger partial charge in [-0.3, -0.25) is 4.79 Å². The number of hydrogen-bond acceptors (Lipinski definition) is 4. The summed E-state index contributed by atoms with van der Waals surface area (Å²) >= 11 is 0. The molecule has 4 aromatic rings. The third-order valence-electron chi connectivity index (χ3n) is 6.60. The Balaban J connectivity index is 1.43. The summed E-state index contributed by atoms with van der Waals surface area (Å²) in [6.07, 6.45) is 0.996. The number of carbonyl (C=O) groups excluding carboxylic acids is 1. The Labute approximate surface area is 200 Å². The number of ether oxygens (including phenoxy) is 1. The predicted octanol–water partition coefficient (Wildman–Crippen LogP) is 5.44. The number of hydrogen-bond donors (Lipinski definition) is 0. The maximum absolute atomic E-state index is 13.7. The Morgan fingerprint density at radius 3 is 2.35 bits per heavy atom. The summed E-state index contributed by atoms with van der Waals surface area (Å²) in [5, 5.41) is 0.897. The van der Waals surface area contributed by atoms with Gasteiger partial charge in [-0.1, -0.05) is 61.5 Å².